The summed E-state index contributed by atoms with van der Waals surface area (Å²) in [6.07, 6.45) is 0.263. The summed E-state index contributed by atoms with van der Waals surface area (Å²) in [6, 6.07) is 12.7. The smallest absolute Gasteiger partial charge is 0.434 e. The zero-order chi connectivity index (χ0) is 22.4. The van der Waals surface area contributed by atoms with Crippen LogP contribution in [0.2, 0.25) is 0 Å². The minimum Gasteiger partial charge on any atom is -0.434 e. The van der Waals surface area contributed by atoms with Crippen LogP contribution in [-0.2, 0) is 14.8 Å². The summed E-state index contributed by atoms with van der Waals surface area (Å²) < 4.78 is 37.6. The molecule has 8 nitrogen and oxygen atoms in total. The molecule has 1 fully saturated rings. The molecular formula is C22H26N2O6S. The van der Waals surface area contributed by atoms with Gasteiger partial charge in [0.1, 0.15) is 5.75 Å². The van der Waals surface area contributed by atoms with Crippen LogP contribution in [0.3, 0.4) is 0 Å². The van der Waals surface area contributed by atoms with Crippen molar-refractivity contribution < 1.29 is 27.5 Å². The number of amides is 1. The highest BCUT2D eigenvalue weighted by Crippen LogP contribution is 2.19. The van der Waals surface area contributed by atoms with Crippen LogP contribution >= 0.6 is 0 Å². The molecule has 0 bridgehead atoms. The molecule has 0 atom stereocenters. The molecule has 2 aromatic carbocycles. The number of carbonyl (C=O) groups excluding carboxylic acids is 2. The third kappa shape index (κ3) is 6.05. The third-order valence-electron chi connectivity index (χ3n) is 5.00. The van der Waals surface area contributed by atoms with E-state index >= 15 is 0 Å². The quantitative estimate of drug-likeness (QED) is 0.540. The van der Waals surface area contributed by atoms with Gasteiger partial charge in [-0.25, -0.2) is 17.9 Å². The zero-order valence-electron chi connectivity index (χ0n) is 17.5. The minimum absolute atomic E-state index is 0.150. The Kier molecular flexibility index (Phi) is 7.29. The maximum absolute atomic E-state index is 12.7. The van der Waals surface area contributed by atoms with E-state index in [-0.39, 0.29) is 23.5 Å². The molecule has 1 heterocycles. The van der Waals surface area contributed by atoms with Gasteiger partial charge in [0, 0.05) is 24.7 Å². The molecule has 0 aliphatic carbocycles. The standard InChI is InChI=1S/C22H26N2O6S/c1-3-29-22(26)30-19-8-6-17(7-9-19)21(25)24-14-12-18(13-15-24)23-31(27,28)20-10-4-16(2)5-11-20/h4-11,18,23H,3,12-15H2,1-2H3. The largest absolute Gasteiger partial charge is 0.513 e. The fraction of sp³-hybridized carbons (Fsp3) is 0.364. The molecule has 0 spiro atoms. The molecule has 1 amide bonds. The van der Waals surface area contributed by atoms with E-state index < -0.39 is 16.2 Å². The number of rotatable bonds is 6. The number of sulfonamides is 1. The van der Waals surface area contributed by atoms with E-state index in [9.17, 15) is 18.0 Å². The van der Waals surface area contributed by atoms with Gasteiger partial charge in [-0.05, 0) is 63.1 Å². The lowest BCUT2D eigenvalue weighted by Gasteiger charge is -2.32. The predicted octanol–water partition coefficient (Wildman–Crippen LogP) is 3.11. The van der Waals surface area contributed by atoms with Crippen LogP contribution in [0.25, 0.3) is 0 Å². The maximum Gasteiger partial charge on any atom is 0.513 e. The Morgan fingerprint density at radius 1 is 1.03 bits per heavy atom. The van der Waals surface area contributed by atoms with E-state index in [4.69, 9.17) is 9.47 Å². The molecule has 0 saturated carbocycles. The molecular weight excluding hydrogens is 420 g/mol. The molecule has 0 aromatic heterocycles. The number of hydrogen-bond acceptors (Lipinski definition) is 6. The topological polar surface area (TPSA) is 102 Å². The van der Waals surface area contributed by atoms with Gasteiger partial charge in [0.25, 0.3) is 5.91 Å². The normalized spacial score (nSPS) is 14.8. The van der Waals surface area contributed by atoms with Crippen molar-refractivity contribution in [2.24, 2.45) is 0 Å². The number of nitrogens with one attached hydrogen (secondary N) is 1. The summed E-state index contributed by atoms with van der Waals surface area (Å²) in [5.74, 6) is 0.141. The van der Waals surface area contributed by atoms with Crippen molar-refractivity contribution in [3.05, 3.63) is 59.7 Å². The summed E-state index contributed by atoms with van der Waals surface area (Å²) >= 11 is 0. The molecule has 0 radical (unpaired) electrons. The van der Waals surface area contributed by atoms with Gasteiger partial charge in [-0.3, -0.25) is 4.79 Å². The SMILES string of the molecule is CCOC(=O)Oc1ccc(C(=O)N2CCC(NS(=O)(=O)c3ccc(C)cc3)CC2)cc1. The van der Waals surface area contributed by atoms with E-state index in [0.717, 1.165) is 5.56 Å². The second-order valence-electron chi connectivity index (χ2n) is 7.31. The molecule has 1 saturated heterocycles. The Bertz CT molecular complexity index is 1010. The summed E-state index contributed by atoms with van der Waals surface area (Å²) in [4.78, 5) is 26.0. The van der Waals surface area contributed by atoms with Crippen LogP contribution in [0, 0.1) is 6.92 Å². The fourth-order valence-corrected chi connectivity index (χ4v) is 4.60. The molecule has 0 unspecified atom stereocenters. The first kappa shape index (κ1) is 22.8. The molecule has 2 aromatic rings. The second-order valence-corrected chi connectivity index (χ2v) is 9.02. The summed E-state index contributed by atoms with van der Waals surface area (Å²) in [5, 5.41) is 0. The van der Waals surface area contributed by atoms with Crippen LogP contribution in [0.15, 0.2) is 53.4 Å². The van der Waals surface area contributed by atoms with Crippen molar-refractivity contribution in [1.29, 1.82) is 0 Å². The van der Waals surface area contributed by atoms with Gasteiger partial charge < -0.3 is 14.4 Å². The molecule has 166 valence electrons. The molecule has 31 heavy (non-hydrogen) atoms. The van der Waals surface area contributed by atoms with Gasteiger partial charge in [0.2, 0.25) is 10.0 Å². The molecule has 3 rings (SSSR count). The van der Waals surface area contributed by atoms with Gasteiger partial charge >= 0.3 is 6.16 Å². The van der Waals surface area contributed by atoms with Crippen LogP contribution in [0.1, 0.15) is 35.7 Å². The Morgan fingerprint density at radius 3 is 2.23 bits per heavy atom. The van der Waals surface area contributed by atoms with Crippen molar-refractivity contribution >= 4 is 22.1 Å². The van der Waals surface area contributed by atoms with Crippen molar-refractivity contribution in [2.45, 2.75) is 37.6 Å². The Balaban J connectivity index is 1.53. The van der Waals surface area contributed by atoms with Gasteiger partial charge in [-0.2, -0.15) is 0 Å². The Morgan fingerprint density at radius 2 is 1.65 bits per heavy atom. The highest BCUT2D eigenvalue weighted by Gasteiger charge is 2.27. The average Bonchev–Trinajstić information content (AvgIpc) is 2.74. The lowest BCUT2D eigenvalue weighted by Crippen LogP contribution is -2.46. The molecule has 1 N–H and O–H groups in total. The van der Waals surface area contributed by atoms with E-state index in [2.05, 4.69) is 4.72 Å². The number of aryl methyl sites for hydroxylation is 1. The Hall–Kier alpha value is -2.91. The fourth-order valence-electron chi connectivity index (χ4n) is 3.30. The number of carbonyl (C=O) groups is 2. The monoisotopic (exact) mass is 446 g/mol. The number of hydrogen-bond donors (Lipinski definition) is 1. The first-order chi connectivity index (χ1) is 14.8. The number of ether oxygens (including phenoxy) is 2. The van der Waals surface area contributed by atoms with Crippen molar-refractivity contribution in [2.75, 3.05) is 19.7 Å². The highest BCUT2D eigenvalue weighted by molar-refractivity contribution is 7.89. The highest BCUT2D eigenvalue weighted by atomic mass is 32.2. The second kappa shape index (κ2) is 9.93. The van der Waals surface area contributed by atoms with E-state index in [1.165, 1.54) is 12.1 Å². The molecule has 1 aliphatic rings. The summed E-state index contributed by atoms with van der Waals surface area (Å²) in [7, 11) is -3.59. The van der Waals surface area contributed by atoms with Gasteiger partial charge in [-0.1, -0.05) is 17.7 Å². The van der Waals surface area contributed by atoms with Crippen LogP contribution in [0.4, 0.5) is 4.79 Å². The van der Waals surface area contributed by atoms with E-state index in [1.807, 2.05) is 6.92 Å². The van der Waals surface area contributed by atoms with Crippen LogP contribution in [-0.4, -0.2) is 51.1 Å². The zero-order valence-corrected chi connectivity index (χ0v) is 18.4. The number of benzene rings is 2. The first-order valence-corrected chi connectivity index (χ1v) is 11.6. The first-order valence-electron chi connectivity index (χ1n) is 10.1. The van der Waals surface area contributed by atoms with Gasteiger partial charge in [-0.15, -0.1) is 0 Å². The Labute approximate surface area is 182 Å². The minimum atomic E-state index is -3.59. The summed E-state index contributed by atoms with van der Waals surface area (Å²) in [6.45, 7) is 4.69. The lowest BCUT2D eigenvalue weighted by molar-refractivity contribution is 0.0711. The van der Waals surface area contributed by atoms with Crippen molar-refractivity contribution in [1.82, 2.24) is 9.62 Å². The van der Waals surface area contributed by atoms with Gasteiger partial charge in [0.15, 0.2) is 0 Å². The summed E-state index contributed by atoms with van der Waals surface area (Å²) in [5.41, 5.74) is 1.46. The average molecular weight is 447 g/mol. The maximum atomic E-state index is 12.7. The third-order valence-corrected chi connectivity index (χ3v) is 6.54. The molecule has 1 aliphatic heterocycles. The lowest BCUT2D eigenvalue weighted by atomic mass is 10.0. The number of piperidine rings is 1. The molecule has 9 heteroatoms. The van der Waals surface area contributed by atoms with Crippen LogP contribution < -0.4 is 9.46 Å². The van der Waals surface area contributed by atoms with Gasteiger partial charge in [0.05, 0.1) is 11.5 Å². The number of likely N-dealkylation sites (tertiary alicyclic amines) is 1. The van der Waals surface area contributed by atoms with Crippen LogP contribution in [0.5, 0.6) is 5.75 Å². The number of nitrogens with zero attached hydrogens (tertiary/aromatic N) is 1. The van der Waals surface area contributed by atoms with E-state index in [1.54, 1.807) is 48.2 Å². The van der Waals surface area contributed by atoms with Crippen molar-refractivity contribution in [3.63, 3.8) is 0 Å². The predicted molar refractivity (Wildman–Crippen MR) is 115 cm³/mol. The van der Waals surface area contributed by atoms with Crippen molar-refractivity contribution in [3.8, 4) is 5.75 Å². The van der Waals surface area contributed by atoms with E-state index in [0.29, 0.717) is 37.2 Å².